The van der Waals surface area contributed by atoms with Crippen LogP contribution < -0.4 is 0 Å². The second-order valence-electron chi connectivity index (χ2n) is 3.41. The smallest absolute Gasteiger partial charge is 0.433 e. The van der Waals surface area contributed by atoms with Gasteiger partial charge in [-0.15, -0.1) is 0 Å². The van der Waals surface area contributed by atoms with Gasteiger partial charge in [-0.2, -0.15) is 13.2 Å². The summed E-state index contributed by atoms with van der Waals surface area (Å²) in [6.07, 6.45) is -6.93. The molecule has 0 bridgehead atoms. The Morgan fingerprint density at radius 1 is 1.12 bits per heavy atom. The van der Waals surface area contributed by atoms with Crippen molar-refractivity contribution in [1.29, 1.82) is 0 Å². The highest BCUT2D eigenvalue weighted by Crippen LogP contribution is 2.37. The molecule has 0 aliphatic rings. The predicted octanol–water partition coefficient (Wildman–Crippen LogP) is 2.72. The molecule has 0 fully saturated rings. The van der Waals surface area contributed by atoms with Crippen LogP contribution in [0.1, 0.15) is 5.56 Å². The third kappa shape index (κ3) is 2.72. The number of halogens is 5. The van der Waals surface area contributed by atoms with Crippen molar-refractivity contribution in [3.05, 3.63) is 35.6 Å². The van der Waals surface area contributed by atoms with Crippen LogP contribution in [0.15, 0.2) is 24.3 Å². The first-order valence-electron chi connectivity index (χ1n) is 4.40. The van der Waals surface area contributed by atoms with Gasteiger partial charge in [-0.25, -0.2) is 13.6 Å². The average molecular weight is 254 g/mol. The van der Waals surface area contributed by atoms with E-state index in [1.54, 1.807) is 0 Å². The zero-order valence-electron chi connectivity index (χ0n) is 8.26. The SMILES string of the molecule is O=C(O)C(F)(Cc1ccc(F)cc1)C(F)(F)F. The number of hydrogen-bond acceptors (Lipinski definition) is 1. The highest BCUT2D eigenvalue weighted by molar-refractivity contribution is 5.79. The Hall–Kier alpha value is -1.66. The maximum absolute atomic E-state index is 13.4. The van der Waals surface area contributed by atoms with Crippen LogP contribution >= 0.6 is 0 Å². The van der Waals surface area contributed by atoms with Crippen LogP contribution in [0.4, 0.5) is 22.0 Å². The molecule has 1 rings (SSSR count). The zero-order valence-corrected chi connectivity index (χ0v) is 8.26. The van der Waals surface area contributed by atoms with E-state index in [1.807, 2.05) is 0 Å². The molecular weight excluding hydrogens is 247 g/mol. The molecule has 1 atom stereocenters. The molecule has 17 heavy (non-hydrogen) atoms. The van der Waals surface area contributed by atoms with Crippen molar-refractivity contribution in [2.24, 2.45) is 0 Å². The minimum absolute atomic E-state index is 0.256. The summed E-state index contributed by atoms with van der Waals surface area (Å²) < 4.78 is 62.7. The summed E-state index contributed by atoms with van der Waals surface area (Å²) in [5, 5.41) is 8.31. The van der Waals surface area contributed by atoms with Gasteiger partial charge in [0, 0.05) is 6.42 Å². The molecule has 7 heteroatoms. The Morgan fingerprint density at radius 2 is 1.59 bits per heavy atom. The molecular formula is C10H7F5O2. The fraction of sp³-hybridized carbons (Fsp3) is 0.300. The lowest BCUT2D eigenvalue weighted by atomic mass is 9.96. The molecule has 0 radical (unpaired) electrons. The molecule has 0 aromatic heterocycles. The van der Waals surface area contributed by atoms with Gasteiger partial charge in [0.15, 0.2) is 0 Å². The van der Waals surface area contributed by atoms with Gasteiger partial charge < -0.3 is 5.11 Å². The Balaban J connectivity index is 3.04. The van der Waals surface area contributed by atoms with Gasteiger partial charge in [0.1, 0.15) is 5.82 Å². The minimum Gasteiger partial charge on any atom is -0.479 e. The molecule has 0 aliphatic carbocycles. The van der Waals surface area contributed by atoms with Crippen LogP contribution in [0.25, 0.3) is 0 Å². The summed E-state index contributed by atoms with van der Waals surface area (Å²) in [5.41, 5.74) is -4.63. The standard InChI is InChI=1S/C10H7F5O2/c11-7-3-1-6(2-4-7)5-9(12,8(16)17)10(13,14)15/h1-4H,5H2,(H,16,17). The first-order chi connectivity index (χ1) is 7.67. The summed E-state index contributed by atoms with van der Waals surface area (Å²) >= 11 is 0. The number of benzene rings is 1. The predicted molar refractivity (Wildman–Crippen MR) is 47.6 cm³/mol. The molecule has 1 aromatic rings. The van der Waals surface area contributed by atoms with Crippen LogP contribution in [0.3, 0.4) is 0 Å². The quantitative estimate of drug-likeness (QED) is 0.842. The summed E-state index contributed by atoms with van der Waals surface area (Å²) in [4.78, 5) is 10.4. The van der Waals surface area contributed by atoms with Gasteiger partial charge in [-0.1, -0.05) is 12.1 Å². The van der Waals surface area contributed by atoms with Gasteiger partial charge in [0.05, 0.1) is 0 Å². The summed E-state index contributed by atoms with van der Waals surface area (Å²) in [5.74, 6) is -3.32. The summed E-state index contributed by atoms with van der Waals surface area (Å²) in [6.45, 7) is 0. The van der Waals surface area contributed by atoms with E-state index in [0.717, 1.165) is 24.3 Å². The van der Waals surface area contributed by atoms with E-state index in [0.29, 0.717) is 0 Å². The fourth-order valence-electron chi connectivity index (χ4n) is 1.18. The molecule has 0 amide bonds. The Kier molecular flexibility index (Phi) is 3.40. The van der Waals surface area contributed by atoms with Gasteiger partial charge in [0.25, 0.3) is 0 Å². The maximum atomic E-state index is 13.4. The normalized spacial score (nSPS) is 15.4. The zero-order chi connectivity index (χ0) is 13.3. The van der Waals surface area contributed by atoms with Gasteiger partial charge in [-0.05, 0) is 17.7 Å². The number of hydrogen-bond donors (Lipinski definition) is 1. The first-order valence-corrected chi connectivity index (χ1v) is 4.40. The Bertz CT molecular complexity index is 412. The van der Waals surface area contributed by atoms with Gasteiger partial charge in [0.2, 0.25) is 0 Å². The lowest BCUT2D eigenvalue weighted by molar-refractivity contribution is -0.235. The molecule has 0 heterocycles. The highest BCUT2D eigenvalue weighted by atomic mass is 19.4. The van der Waals surface area contributed by atoms with Crippen molar-refractivity contribution < 1.29 is 31.9 Å². The number of alkyl halides is 4. The number of carboxylic acid groups (broad SMARTS) is 1. The molecule has 1 unspecified atom stereocenters. The Labute approximate surface area is 92.7 Å². The van der Waals surface area contributed by atoms with Crippen LogP contribution in [-0.4, -0.2) is 22.9 Å². The van der Waals surface area contributed by atoms with E-state index < -0.39 is 30.1 Å². The molecule has 0 aliphatic heterocycles. The van der Waals surface area contributed by atoms with Gasteiger partial charge >= 0.3 is 17.8 Å². The maximum Gasteiger partial charge on any atom is 0.433 e. The fourth-order valence-corrected chi connectivity index (χ4v) is 1.18. The number of carboxylic acids is 1. The Morgan fingerprint density at radius 3 is 1.94 bits per heavy atom. The second-order valence-corrected chi connectivity index (χ2v) is 3.41. The van der Waals surface area contributed by atoms with Gasteiger partial charge in [-0.3, -0.25) is 0 Å². The van der Waals surface area contributed by atoms with Crippen molar-refractivity contribution in [3.8, 4) is 0 Å². The minimum atomic E-state index is -5.53. The highest BCUT2D eigenvalue weighted by Gasteiger charge is 2.62. The monoisotopic (exact) mass is 254 g/mol. The average Bonchev–Trinajstić information content (AvgIpc) is 2.19. The first kappa shape index (κ1) is 13.4. The number of carbonyl (C=O) groups is 1. The van der Waals surface area contributed by atoms with Crippen LogP contribution in [-0.2, 0) is 11.2 Å². The van der Waals surface area contributed by atoms with E-state index in [1.165, 1.54) is 0 Å². The lowest BCUT2D eigenvalue weighted by Gasteiger charge is -2.23. The van der Waals surface area contributed by atoms with E-state index in [4.69, 9.17) is 5.11 Å². The molecule has 0 saturated carbocycles. The third-order valence-electron chi connectivity index (χ3n) is 2.15. The summed E-state index contributed by atoms with van der Waals surface area (Å²) in [6, 6.07) is 3.46. The van der Waals surface area contributed by atoms with Crippen molar-refractivity contribution in [2.75, 3.05) is 0 Å². The topological polar surface area (TPSA) is 37.3 Å². The molecule has 1 N–H and O–H groups in total. The molecule has 0 spiro atoms. The van der Waals surface area contributed by atoms with Crippen molar-refractivity contribution in [2.45, 2.75) is 18.3 Å². The third-order valence-corrected chi connectivity index (χ3v) is 2.15. The van der Waals surface area contributed by atoms with Crippen LogP contribution in [0, 0.1) is 5.82 Å². The van der Waals surface area contributed by atoms with Crippen molar-refractivity contribution in [1.82, 2.24) is 0 Å². The number of rotatable bonds is 3. The molecule has 94 valence electrons. The molecule has 2 nitrogen and oxygen atoms in total. The molecule has 1 aromatic carbocycles. The molecule has 0 saturated heterocycles. The van der Waals surface area contributed by atoms with E-state index >= 15 is 0 Å². The van der Waals surface area contributed by atoms with Crippen molar-refractivity contribution in [3.63, 3.8) is 0 Å². The van der Waals surface area contributed by atoms with E-state index in [9.17, 15) is 26.7 Å². The second kappa shape index (κ2) is 4.31. The summed E-state index contributed by atoms with van der Waals surface area (Å²) in [7, 11) is 0. The van der Waals surface area contributed by atoms with Crippen LogP contribution in [0.5, 0.6) is 0 Å². The van der Waals surface area contributed by atoms with E-state index in [-0.39, 0.29) is 5.56 Å². The van der Waals surface area contributed by atoms with Crippen LogP contribution in [0.2, 0.25) is 0 Å². The lowest BCUT2D eigenvalue weighted by Crippen LogP contribution is -2.49. The van der Waals surface area contributed by atoms with Crippen molar-refractivity contribution >= 4 is 5.97 Å². The van der Waals surface area contributed by atoms with E-state index in [2.05, 4.69) is 0 Å². The number of aliphatic carboxylic acids is 1. The largest absolute Gasteiger partial charge is 0.479 e.